The topological polar surface area (TPSA) is 109 Å². The third-order valence-corrected chi connectivity index (χ3v) is 8.45. The number of esters is 2. The number of aromatic nitrogens is 1. The van der Waals surface area contributed by atoms with Crippen LogP contribution < -0.4 is 19.6 Å². The first kappa shape index (κ1) is 31.2. The van der Waals surface area contributed by atoms with Crippen molar-refractivity contribution in [1.29, 1.82) is 0 Å². The minimum absolute atomic E-state index is 0.174. The number of thiazole rings is 1. The van der Waals surface area contributed by atoms with E-state index >= 15 is 0 Å². The van der Waals surface area contributed by atoms with Gasteiger partial charge in [-0.1, -0.05) is 33.3 Å². The molecule has 2 aromatic carbocycles. The van der Waals surface area contributed by atoms with Gasteiger partial charge in [0.1, 0.15) is 23.3 Å². The van der Waals surface area contributed by atoms with Crippen LogP contribution in [-0.4, -0.2) is 36.3 Å². The molecule has 5 rings (SSSR count). The molecule has 0 amide bonds. The van der Waals surface area contributed by atoms with Gasteiger partial charge in [0.2, 0.25) is 0 Å². The van der Waals surface area contributed by atoms with Gasteiger partial charge in [0.15, 0.2) is 4.80 Å². The maximum absolute atomic E-state index is 14.0. The van der Waals surface area contributed by atoms with Crippen molar-refractivity contribution in [3.8, 4) is 17.1 Å². The van der Waals surface area contributed by atoms with E-state index < -0.39 is 12.0 Å². The van der Waals surface area contributed by atoms with Crippen LogP contribution in [-0.2, 0) is 14.3 Å². The number of fused-ring (bicyclic) bond motifs is 1. The summed E-state index contributed by atoms with van der Waals surface area (Å²) in [5.74, 6) is 0.627. The molecule has 0 N–H and O–H groups in total. The smallest absolute Gasteiger partial charge is 0.338 e. The number of methoxy groups -OCH3 is 1. The third kappa shape index (κ3) is 6.07. The van der Waals surface area contributed by atoms with E-state index in [4.69, 9.17) is 18.6 Å². The summed E-state index contributed by atoms with van der Waals surface area (Å²) in [5, 5.41) is 0. The van der Waals surface area contributed by atoms with Crippen LogP contribution in [0.4, 0.5) is 0 Å². The van der Waals surface area contributed by atoms with Crippen molar-refractivity contribution in [1.82, 2.24) is 4.57 Å². The predicted octanol–water partition coefficient (Wildman–Crippen LogP) is 5.70. The monoisotopic (exact) mass is 678 g/mol. The highest BCUT2D eigenvalue weighted by Gasteiger charge is 2.35. The normalized spacial score (nSPS) is 14.8. The molecule has 1 atom stereocenters. The van der Waals surface area contributed by atoms with E-state index in [2.05, 4.69) is 20.9 Å². The van der Waals surface area contributed by atoms with Gasteiger partial charge in [-0.3, -0.25) is 9.36 Å². The average molecular weight is 680 g/mol. The minimum Gasteiger partial charge on any atom is -0.496 e. The first-order valence-electron chi connectivity index (χ1n) is 14.0. The lowest BCUT2D eigenvalue weighted by Gasteiger charge is -2.26. The van der Waals surface area contributed by atoms with Crippen molar-refractivity contribution in [2.45, 2.75) is 46.8 Å². The first-order valence-corrected chi connectivity index (χ1v) is 15.6. The number of ether oxygens (including phenoxy) is 3. The molecule has 0 aliphatic carbocycles. The van der Waals surface area contributed by atoms with E-state index in [9.17, 15) is 14.4 Å². The van der Waals surface area contributed by atoms with Gasteiger partial charge >= 0.3 is 11.9 Å². The molecule has 0 fully saturated rings. The van der Waals surface area contributed by atoms with Crippen molar-refractivity contribution in [3.05, 3.63) is 106 Å². The summed E-state index contributed by atoms with van der Waals surface area (Å²) in [6.45, 7) is 9.13. The second-order valence-corrected chi connectivity index (χ2v) is 12.3. The molecule has 11 heteroatoms. The number of hydrogen-bond donors (Lipinski definition) is 0. The Morgan fingerprint density at radius 3 is 2.57 bits per heavy atom. The van der Waals surface area contributed by atoms with Gasteiger partial charge in [-0.15, -0.1) is 0 Å². The van der Waals surface area contributed by atoms with E-state index in [0.717, 1.165) is 15.6 Å². The summed E-state index contributed by atoms with van der Waals surface area (Å²) in [7, 11) is 1.54. The van der Waals surface area contributed by atoms with Crippen LogP contribution in [0, 0.1) is 6.92 Å². The van der Waals surface area contributed by atoms with Gasteiger partial charge in [-0.2, -0.15) is 0 Å². The molecule has 0 unspecified atom stereocenters. The molecule has 1 aliphatic heterocycles. The summed E-state index contributed by atoms with van der Waals surface area (Å²) >= 11 is 4.71. The molecule has 2 aromatic heterocycles. The highest BCUT2D eigenvalue weighted by atomic mass is 79.9. The molecule has 1 aliphatic rings. The average Bonchev–Trinajstić information content (AvgIpc) is 3.55. The molecule has 44 heavy (non-hydrogen) atoms. The third-order valence-electron chi connectivity index (χ3n) is 6.97. The fourth-order valence-electron chi connectivity index (χ4n) is 5.06. The Kier molecular flexibility index (Phi) is 9.07. The zero-order chi connectivity index (χ0) is 31.7. The number of halogens is 1. The fraction of sp³-hybridized carbons (Fsp3) is 0.273. The van der Waals surface area contributed by atoms with E-state index in [1.54, 1.807) is 58.0 Å². The number of rotatable bonds is 8. The van der Waals surface area contributed by atoms with Crippen molar-refractivity contribution < 1.29 is 28.2 Å². The molecule has 0 saturated carbocycles. The Morgan fingerprint density at radius 2 is 1.89 bits per heavy atom. The number of nitrogens with zero attached hydrogens (tertiary/aromatic N) is 2. The lowest BCUT2D eigenvalue weighted by molar-refractivity contribution is -0.139. The highest BCUT2D eigenvalue weighted by molar-refractivity contribution is 9.10. The lowest BCUT2D eigenvalue weighted by atomic mass is 9.95. The van der Waals surface area contributed by atoms with Crippen LogP contribution in [0.3, 0.4) is 0 Å². The first-order chi connectivity index (χ1) is 21.0. The Morgan fingerprint density at radius 1 is 1.11 bits per heavy atom. The van der Waals surface area contributed by atoms with E-state index in [-0.39, 0.29) is 29.8 Å². The van der Waals surface area contributed by atoms with Crippen molar-refractivity contribution in [2.75, 3.05) is 13.7 Å². The zero-order valence-electron chi connectivity index (χ0n) is 25.1. The van der Waals surface area contributed by atoms with Gasteiger partial charge in [0.25, 0.3) is 5.56 Å². The molecule has 228 valence electrons. The molecule has 3 heterocycles. The summed E-state index contributed by atoms with van der Waals surface area (Å²) < 4.78 is 25.1. The number of aryl methyl sites for hydroxylation is 1. The number of furan rings is 1. The van der Waals surface area contributed by atoms with E-state index in [1.807, 2.05) is 31.2 Å². The second-order valence-electron chi connectivity index (χ2n) is 10.4. The van der Waals surface area contributed by atoms with Crippen molar-refractivity contribution in [2.24, 2.45) is 4.99 Å². The van der Waals surface area contributed by atoms with Gasteiger partial charge in [-0.25, -0.2) is 14.6 Å². The van der Waals surface area contributed by atoms with Crippen LogP contribution >= 0.6 is 27.3 Å². The molecular formula is C33H31BrN2O7S. The number of carbonyl (C=O) groups is 2. The summed E-state index contributed by atoms with van der Waals surface area (Å²) in [5.41, 5.74) is 3.11. The molecule has 0 spiro atoms. The molecule has 0 bridgehead atoms. The van der Waals surface area contributed by atoms with Gasteiger partial charge < -0.3 is 18.6 Å². The Balaban J connectivity index is 1.58. The molecular weight excluding hydrogens is 648 g/mol. The lowest BCUT2D eigenvalue weighted by Crippen LogP contribution is -2.40. The molecule has 0 radical (unpaired) electrons. The SMILES string of the molecule is CCOC(=O)C1=C(C)N=c2s/c(=C\c3ccc(-c4ccc(C(=O)OC(C)C)cc4C)o3)c(=O)n2[C@H]1c1cc(Br)ccc1OC. The molecule has 0 saturated heterocycles. The quantitative estimate of drug-likeness (QED) is 0.220. The van der Waals surface area contributed by atoms with Crippen molar-refractivity contribution in [3.63, 3.8) is 0 Å². The number of carbonyl (C=O) groups excluding carboxylic acids is 2. The Labute approximate surface area is 266 Å². The zero-order valence-corrected chi connectivity index (χ0v) is 27.5. The van der Waals surface area contributed by atoms with Gasteiger partial charge in [0, 0.05) is 21.7 Å². The van der Waals surface area contributed by atoms with Crippen molar-refractivity contribution >= 4 is 45.3 Å². The Hall–Kier alpha value is -4.22. The molecule has 4 aromatic rings. The van der Waals surface area contributed by atoms with E-state index in [1.165, 1.54) is 23.0 Å². The Bertz CT molecular complexity index is 1980. The van der Waals surface area contributed by atoms with Gasteiger partial charge in [-0.05, 0) is 82.6 Å². The number of benzene rings is 2. The largest absolute Gasteiger partial charge is 0.496 e. The second kappa shape index (κ2) is 12.8. The summed E-state index contributed by atoms with van der Waals surface area (Å²) in [6, 6.07) is 13.5. The van der Waals surface area contributed by atoms with Crippen LogP contribution in [0.15, 0.2) is 78.5 Å². The minimum atomic E-state index is -0.824. The maximum Gasteiger partial charge on any atom is 0.338 e. The summed E-state index contributed by atoms with van der Waals surface area (Å²) in [6.07, 6.45) is 1.45. The predicted molar refractivity (Wildman–Crippen MR) is 171 cm³/mol. The standard InChI is InChI=1S/C33H31BrN2O7S/c1-7-41-32(39)28-19(5)35-33-36(29(28)24-15-21(34)9-12-25(24)40-6)30(37)27(44-33)16-22-10-13-26(43-22)23-11-8-20(14-18(23)4)31(38)42-17(2)3/h8-17,29H,7H2,1-6H3/b27-16-/t29-/m0/s1. The van der Waals surface area contributed by atoms with Crippen LogP contribution in [0.2, 0.25) is 0 Å². The number of hydrogen-bond acceptors (Lipinski definition) is 9. The van der Waals surface area contributed by atoms with Gasteiger partial charge in [0.05, 0.1) is 41.2 Å². The van der Waals surface area contributed by atoms with Crippen LogP contribution in [0.25, 0.3) is 17.4 Å². The maximum atomic E-state index is 14.0. The molecule has 9 nitrogen and oxygen atoms in total. The number of allylic oxidation sites excluding steroid dienone is 1. The highest BCUT2D eigenvalue weighted by Crippen LogP contribution is 2.37. The van der Waals surface area contributed by atoms with Crippen LogP contribution in [0.1, 0.15) is 61.0 Å². The van der Waals surface area contributed by atoms with E-state index in [0.29, 0.717) is 43.4 Å². The fourth-order valence-corrected chi connectivity index (χ4v) is 6.46. The van der Waals surface area contributed by atoms with Crippen LogP contribution in [0.5, 0.6) is 5.75 Å². The summed E-state index contributed by atoms with van der Waals surface area (Å²) in [4.78, 5) is 44.6.